The van der Waals surface area contributed by atoms with Crippen molar-refractivity contribution in [1.82, 2.24) is 10.6 Å². The summed E-state index contributed by atoms with van der Waals surface area (Å²) in [6, 6.07) is 16.7. The fourth-order valence-electron chi connectivity index (χ4n) is 8.20. The Balaban J connectivity index is 0.000000186. The van der Waals surface area contributed by atoms with Crippen molar-refractivity contribution in [3.63, 3.8) is 0 Å². The van der Waals surface area contributed by atoms with Crippen LogP contribution in [0.25, 0.3) is 0 Å². The second-order valence-corrected chi connectivity index (χ2v) is 13.9. The predicted molar refractivity (Wildman–Crippen MR) is 191 cm³/mol. The monoisotopic (exact) mass is 690 g/mol. The van der Waals surface area contributed by atoms with Gasteiger partial charge in [-0.25, -0.2) is 19.2 Å². The molecule has 0 spiro atoms. The molecule has 2 aliphatic heterocycles. The van der Waals surface area contributed by atoms with E-state index in [0.717, 1.165) is 36.8 Å². The Kier molecular flexibility index (Phi) is 15.5. The molecule has 50 heavy (non-hydrogen) atoms. The molecule has 2 aliphatic carbocycles. The molecule has 2 unspecified atom stereocenters. The lowest BCUT2D eigenvalue weighted by molar-refractivity contribution is -0.134. The average molecular weight is 691 g/mol. The third-order valence-electron chi connectivity index (χ3n) is 10.9. The van der Waals surface area contributed by atoms with Crippen molar-refractivity contribution in [2.45, 2.75) is 89.1 Å². The lowest BCUT2D eigenvalue weighted by atomic mass is 9.79. The lowest BCUT2D eigenvalue weighted by Gasteiger charge is -2.34. The van der Waals surface area contributed by atoms with Crippen molar-refractivity contribution in [3.8, 4) is 0 Å². The van der Waals surface area contributed by atoms with Gasteiger partial charge in [0.05, 0.1) is 25.3 Å². The van der Waals surface area contributed by atoms with Gasteiger partial charge in [0.2, 0.25) is 0 Å². The second kappa shape index (κ2) is 20.0. The lowest BCUT2D eigenvalue weighted by Crippen LogP contribution is -2.34. The Labute approximate surface area is 296 Å². The van der Waals surface area contributed by atoms with Crippen molar-refractivity contribution in [1.29, 1.82) is 0 Å². The maximum atomic E-state index is 11.5. The van der Waals surface area contributed by atoms with Crippen LogP contribution in [0, 0.1) is 23.7 Å². The average Bonchev–Trinajstić information content (AvgIpc) is 3.90. The van der Waals surface area contributed by atoms with Crippen LogP contribution in [0.2, 0.25) is 0 Å². The number of ether oxygens (including phenoxy) is 2. The van der Waals surface area contributed by atoms with Crippen molar-refractivity contribution < 1.29 is 38.9 Å². The van der Waals surface area contributed by atoms with Crippen LogP contribution >= 0.6 is 0 Å². The van der Waals surface area contributed by atoms with E-state index in [9.17, 15) is 19.2 Å². The SMILES string of the molecule is COC(=O)c1ccc([C@@H]2CC(C3CCCC3)CCN2)cc1.COC(=O)c1ccc([C@@H]2CC(C3CCCC3)CCN2)cc1.O=C(O)/C=C\C(=O)O. The number of piperidine rings is 2. The molecule has 2 saturated heterocycles. The van der Waals surface area contributed by atoms with Gasteiger partial charge in [0.1, 0.15) is 0 Å². The van der Waals surface area contributed by atoms with Crippen LogP contribution in [0.4, 0.5) is 0 Å². The third kappa shape index (κ3) is 11.8. The topological polar surface area (TPSA) is 151 Å². The van der Waals surface area contributed by atoms with Gasteiger partial charge in [-0.2, -0.15) is 0 Å². The van der Waals surface area contributed by atoms with Crippen LogP contribution in [-0.2, 0) is 19.1 Å². The highest BCUT2D eigenvalue weighted by atomic mass is 16.5. The zero-order valence-corrected chi connectivity index (χ0v) is 29.5. The summed E-state index contributed by atoms with van der Waals surface area (Å²) < 4.78 is 9.50. The first kappa shape index (κ1) is 38.8. The molecule has 0 radical (unpaired) electrons. The van der Waals surface area contributed by atoms with Gasteiger partial charge in [-0.05, 0) is 97.8 Å². The molecule has 2 aromatic rings. The van der Waals surface area contributed by atoms with Gasteiger partial charge in [-0.1, -0.05) is 75.6 Å². The Morgan fingerprint density at radius 1 is 0.560 bits per heavy atom. The minimum atomic E-state index is -1.26. The summed E-state index contributed by atoms with van der Waals surface area (Å²) in [5, 5.41) is 22.9. The number of carboxylic acid groups (broad SMARTS) is 2. The summed E-state index contributed by atoms with van der Waals surface area (Å²) in [6.45, 7) is 2.23. The highest BCUT2D eigenvalue weighted by molar-refractivity contribution is 5.90. The maximum absolute atomic E-state index is 11.5. The Bertz CT molecular complexity index is 1300. The van der Waals surface area contributed by atoms with E-state index in [0.29, 0.717) is 35.4 Å². The molecule has 10 heteroatoms. The number of hydrogen-bond acceptors (Lipinski definition) is 8. The van der Waals surface area contributed by atoms with Gasteiger partial charge < -0.3 is 30.3 Å². The van der Waals surface area contributed by atoms with Gasteiger partial charge in [0.25, 0.3) is 0 Å². The van der Waals surface area contributed by atoms with E-state index in [2.05, 4.69) is 34.9 Å². The second-order valence-electron chi connectivity index (χ2n) is 13.9. The van der Waals surface area contributed by atoms with Gasteiger partial charge in [-0.15, -0.1) is 0 Å². The molecule has 2 heterocycles. The van der Waals surface area contributed by atoms with Crippen LogP contribution in [0.1, 0.15) is 121 Å². The highest BCUT2D eigenvalue weighted by Gasteiger charge is 2.31. The minimum absolute atomic E-state index is 0.262. The molecule has 10 nitrogen and oxygen atoms in total. The molecule has 4 aliphatic rings. The van der Waals surface area contributed by atoms with Gasteiger partial charge in [0, 0.05) is 24.2 Å². The summed E-state index contributed by atoms with van der Waals surface area (Å²) in [4.78, 5) is 42.1. The Hall–Kier alpha value is -4.02. The first-order valence-corrected chi connectivity index (χ1v) is 18.2. The van der Waals surface area contributed by atoms with Crippen LogP contribution in [0.5, 0.6) is 0 Å². The Morgan fingerprint density at radius 2 is 0.900 bits per heavy atom. The highest BCUT2D eigenvalue weighted by Crippen LogP contribution is 2.41. The van der Waals surface area contributed by atoms with Crippen molar-refractivity contribution in [2.24, 2.45) is 23.7 Å². The molecule has 0 aromatic heterocycles. The molecule has 4 fully saturated rings. The third-order valence-corrected chi connectivity index (χ3v) is 10.9. The number of hydrogen-bond donors (Lipinski definition) is 4. The van der Waals surface area contributed by atoms with E-state index in [4.69, 9.17) is 19.7 Å². The quantitative estimate of drug-likeness (QED) is 0.167. The smallest absolute Gasteiger partial charge is 0.337 e. The number of rotatable bonds is 8. The molecule has 6 rings (SSSR count). The van der Waals surface area contributed by atoms with Crippen LogP contribution in [-0.4, -0.2) is 61.4 Å². The fourth-order valence-corrected chi connectivity index (χ4v) is 8.20. The first-order valence-electron chi connectivity index (χ1n) is 18.2. The molecular formula is C40H54N2O8. The van der Waals surface area contributed by atoms with Gasteiger partial charge in [-0.3, -0.25) is 0 Å². The van der Waals surface area contributed by atoms with E-state index in [-0.39, 0.29) is 11.9 Å². The summed E-state index contributed by atoms with van der Waals surface area (Å²) >= 11 is 0. The number of carbonyl (C=O) groups is 4. The summed E-state index contributed by atoms with van der Waals surface area (Å²) in [7, 11) is 2.84. The van der Waals surface area contributed by atoms with Crippen molar-refractivity contribution >= 4 is 23.9 Å². The van der Waals surface area contributed by atoms with Gasteiger partial charge >= 0.3 is 23.9 Å². The normalized spacial score (nSPS) is 24.0. The molecule has 0 amide bonds. The van der Waals surface area contributed by atoms with Gasteiger partial charge in [0.15, 0.2) is 0 Å². The number of nitrogens with one attached hydrogen (secondary N) is 2. The number of esters is 2. The molecule has 2 aromatic carbocycles. The number of benzene rings is 2. The molecule has 2 saturated carbocycles. The summed E-state index contributed by atoms with van der Waals surface area (Å²) in [6.07, 6.45) is 17.6. The number of methoxy groups -OCH3 is 2. The van der Waals surface area contributed by atoms with E-state index >= 15 is 0 Å². The maximum Gasteiger partial charge on any atom is 0.337 e. The van der Waals surface area contributed by atoms with E-state index in [1.54, 1.807) is 0 Å². The van der Waals surface area contributed by atoms with Crippen LogP contribution in [0.15, 0.2) is 60.7 Å². The standard InChI is InChI=1S/2C18H25NO2.C4H4O4/c2*1-21-18(20)15-8-6-14(7-9-15)17-12-16(10-11-19-17)13-4-2-3-5-13;5-3(6)1-2-4(7)8/h2*6-9,13,16-17,19H,2-5,10-12H2,1H3;1-2H,(H,5,6)(H,7,8)/b;;2-1-/t2*16?,17-;/m00./s1. The molecule has 4 N–H and O–H groups in total. The van der Waals surface area contributed by atoms with Crippen molar-refractivity contribution in [2.75, 3.05) is 27.3 Å². The van der Waals surface area contributed by atoms with E-state index < -0.39 is 11.9 Å². The minimum Gasteiger partial charge on any atom is -0.478 e. The Morgan fingerprint density at radius 3 is 1.20 bits per heavy atom. The number of aliphatic carboxylic acids is 2. The number of carboxylic acids is 2. The first-order chi connectivity index (χ1) is 24.2. The van der Waals surface area contributed by atoms with E-state index in [1.165, 1.54) is 102 Å². The van der Waals surface area contributed by atoms with Crippen molar-refractivity contribution in [3.05, 3.63) is 82.9 Å². The zero-order valence-electron chi connectivity index (χ0n) is 29.5. The molecule has 272 valence electrons. The summed E-state index contributed by atoms with van der Waals surface area (Å²) in [5.74, 6) is 0.606. The molecular weight excluding hydrogens is 636 g/mol. The molecule has 4 atom stereocenters. The van der Waals surface area contributed by atoms with Crippen LogP contribution in [0.3, 0.4) is 0 Å². The predicted octanol–water partition coefficient (Wildman–Crippen LogP) is 7.12. The zero-order chi connectivity index (χ0) is 35.9. The fraction of sp³-hybridized carbons (Fsp3) is 0.550. The molecule has 0 bridgehead atoms. The number of carbonyl (C=O) groups excluding carboxylic acids is 2. The summed E-state index contributed by atoms with van der Waals surface area (Å²) in [5.41, 5.74) is 3.85. The van der Waals surface area contributed by atoms with Crippen LogP contribution < -0.4 is 10.6 Å². The van der Waals surface area contributed by atoms with E-state index in [1.807, 2.05) is 24.3 Å². The largest absolute Gasteiger partial charge is 0.478 e.